The Kier molecular flexibility index (Phi) is 5.10. The quantitative estimate of drug-likeness (QED) is 0.498. The second-order valence-corrected chi connectivity index (χ2v) is 8.64. The van der Waals surface area contributed by atoms with Gasteiger partial charge in [-0.1, -0.05) is 24.3 Å². The largest absolute Gasteiger partial charge is 0.309 e. The summed E-state index contributed by atoms with van der Waals surface area (Å²) in [5.41, 5.74) is 1.99. The summed E-state index contributed by atoms with van der Waals surface area (Å²) in [6.45, 7) is 1.92. The Morgan fingerprint density at radius 2 is 2.00 bits per heavy atom. The zero-order chi connectivity index (χ0) is 19.6. The lowest BCUT2D eigenvalue weighted by molar-refractivity contribution is -0.941. The van der Waals surface area contributed by atoms with Gasteiger partial charge in [0, 0.05) is 36.5 Å². The number of hydrogen-bond donors (Lipinski definition) is 1. The smallest absolute Gasteiger partial charge is 0.207 e. The minimum absolute atomic E-state index is 0.528. The van der Waals surface area contributed by atoms with Crippen LogP contribution in [0.25, 0.3) is 17.1 Å². The number of likely N-dealkylation sites (tertiary alicyclic amines) is 1. The summed E-state index contributed by atoms with van der Waals surface area (Å²) in [5, 5.41) is 7.12. The highest BCUT2D eigenvalue weighted by Crippen LogP contribution is 2.24. The Morgan fingerprint density at radius 1 is 1.10 bits per heavy atom. The summed E-state index contributed by atoms with van der Waals surface area (Å²) in [4.78, 5) is 7.27. The van der Waals surface area contributed by atoms with Crippen LogP contribution in [0.15, 0.2) is 72.4 Å². The molecule has 0 aliphatic carbocycles. The molecule has 0 bridgehead atoms. The van der Waals surface area contributed by atoms with E-state index in [1.165, 1.54) is 22.6 Å². The molecular formula is C22H22N5S2+. The van der Waals surface area contributed by atoms with Crippen LogP contribution in [0.2, 0.25) is 0 Å². The zero-order valence-corrected chi connectivity index (χ0v) is 17.6. The standard InChI is InChI=1S/C22H21N5S2/c28-22-26(16-25-13-5-10-19(25)20-11-6-14-29-20)24-21(17-7-4-12-23-15-17)27(22)18-8-2-1-3-9-18/h1-4,6-9,11-12,14-15,19H,5,10,13,16H2/p+1/t19-/m1/s1. The van der Waals surface area contributed by atoms with Gasteiger partial charge in [-0.05, 0) is 47.9 Å². The zero-order valence-electron chi connectivity index (χ0n) is 15.9. The van der Waals surface area contributed by atoms with Crippen molar-refractivity contribution in [3.05, 3.63) is 82.0 Å². The fourth-order valence-corrected chi connectivity index (χ4v) is 5.35. The van der Waals surface area contributed by atoms with Gasteiger partial charge in [0.15, 0.2) is 12.5 Å². The molecule has 5 nitrogen and oxygen atoms in total. The van der Waals surface area contributed by atoms with E-state index in [4.69, 9.17) is 17.3 Å². The molecule has 146 valence electrons. The number of quaternary nitrogens is 1. The number of aromatic nitrogens is 4. The fourth-order valence-electron chi connectivity index (χ4n) is 4.13. The number of benzene rings is 1. The fraction of sp³-hybridized carbons (Fsp3) is 0.227. The van der Waals surface area contributed by atoms with Gasteiger partial charge >= 0.3 is 0 Å². The van der Waals surface area contributed by atoms with Gasteiger partial charge in [0.05, 0.1) is 11.4 Å². The molecule has 3 aromatic heterocycles. The minimum Gasteiger partial charge on any atom is -0.309 e. The van der Waals surface area contributed by atoms with E-state index in [0.29, 0.717) is 6.04 Å². The number of nitrogens with one attached hydrogen (secondary N) is 1. The molecule has 29 heavy (non-hydrogen) atoms. The van der Waals surface area contributed by atoms with Gasteiger partial charge in [0.25, 0.3) is 0 Å². The topological polar surface area (TPSA) is 40.1 Å². The first kappa shape index (κ1) is 18.4. The van der Waals surface area contributed by atoms with Crippen LogP contribution in [0.3, 0.4) is 0 Å². The summed E-state index contributed by atoms with van der Waals surface area (Å²) >= 11 is 7.75. The van der Waals surface area contributed by atoms with Gasteiger partial charge in [-0.2, -0.15) is 4.68 Å². The lowest BCUT2D eigenvalue weighted by atomic mass is 10.2. The number of thiophene rings is 1. The Hall–Kier alpha value is -2.61. The molecular weight excluding hydrogens is 398 g/mol. The maximum absolute atomic E-state index is 5.90. The van der Waals surface area contributed by atoms with Crippen LogP contribution in [0.4, 0.5) is 0 Å². The Bertz CT molecular complexity index is 1130. The number of rotatable bonds is 5. The molecule has 0 radical (unpaired) electrons. The van der Waals surface area contributed by atoms with Gasteiger partial charge in [-0.15, -0.1) is 16.4 Å². The Morgan fingerprint density at radius 3 is 2.76 bits per heavy atom. The molecule has 1 saturated heterocycles. The first-order chi connectivity index (χ1) is 14.3. The molecule has 1 aliphatic rings. The summed E-state index contributed by atoms with van der Waals surface area (Å²) < 4.78 is 4.77. The SMILES string of the molecule is S=c1n(C[NH+]2CCC[C@@H]2c2cccs2)nc(-c2cccnc2)n1-c1ccccc1. The summed E-state index contributed by atoms with van der Waals surface area (Å²) in [6, 6.07) is 19.1. The van der Waals surface area contributed by atoms with E-state index in [2.05, 4.69) is 39.2 Å². The maximum atomic E-state index is 5.90. The summed E-state index contributed by atoms with van der Waals surface area (Å²) in [7, 11) is 0. The summed E-state index contributed by atoms with van der Waals surface area (Å²) in [5.74, 6) is 0.834. The summed E-state index contributed by atoms with van der Waals surface area (Å²) in [6.07, 6.45) is 6.08. The van der Waals surface area contributed by atoms with Crippen molar-refractivity contribution in [3.63, 3.8) is 0 Å². The molecule has 0 saturated carbocycles. The second kappa shape index (κ2) is 8.02. The van der Waals surface area contributed by atoms with Gasteiger partial charge < -0.3 is 4.90 Å². The molecule has 0 amide bonds. The van der Waals surface area contributed by atoms with E-state index in [-0.39, 0.29) is 0 Å². The van der Waals surface area contributed by atoms with Crippen molar-refractivity contribution in [1.29, 1.82) is 0 Å². The van der Waals surface area contributed by atoms with Crippen molar-refractivity contribution < 1.29 is 4.90 Å². The molecule has 4 aromatic rings. The lowest BCUT2D eigenvalue weighted by Gasteiger charge is -2.20. The molecule has 1 N–H and O–H groups in total. The highest BCUT2D eigenvalue weighted by Gasteiger charge is 2.31. The monoisotopic (exact) mass is 420 g/mol. The number of pyridine rings is 1. The molecule has 1 aliphatic heterocycles. The van der Waals surface area contributed by atoms with E-state index in [9.17, 15) is 0 Å². The minimum atomic E-state index is 0.528. The molecule has 2 atom stereocenters. The average molecular weight is 421 g/mol. The third-order valence-corrected chi connectivity index (χ3v) is 6.88. The molecule has 1 unspecified atom stereocenters. The van der Waals surface area contributed by atoms with Crippen molar-refractivity contribution in [3.8, 4) is 17.1 Å². The average Bonchev–Trinajstić information content (AvgIpc) is 3.51. The van der Waals surface area contributed by atoms with Crippen molar-refractivity contribution in [2.24, 2.45) is 0 Å². The molecule has 0 spiro atoms. The first-order valence-electron chi connectivity index (χ1n) is 9.85. The van der Waals surface area contributed by atoms with Gasteiger partial charge in [0.2, 0.25) is 4.77 Å². The molecule has 7 heteroatoms. The van der Waals surface area contributed by atoms with Crippen LogP contribution in [0.1, 0.15) is 23.8 Å². The van der Waals surface area contributed by atoms with Crippen molar-refractivity contribution in [1.82, 2.24) is 19.3 Å². The number of hydrogen-bond acceptors (Lipinski definition) is 4. The van der Waals surface area contributed by atoms with Gasteiger partial charge in [-0.25, -0.2) is 0 Å². The van der Waals surface area contributed by atoms with Crippen LogP contribution < -0.4 is 4.90 Å². The van der Waals surface area contributed by atoms with Crippen LogP contribution >= 0.6 is 23.6 Å². The molecule has 1 aromatic carbocycles. The number of nitrogens with zero attached hydrogens (tertiary/aromatic N) is 4. The number of para-hydroxylation sites is 1. The Labute approximate surface area is 178 Å². The third-order valence-electron chi connectivity index (χ3n) is 5.50. The predicted octanol–water partition coefficient (Wildman–Crippen LogP) is 3.90. The molecule has 5 rings (SSSR count). The third kappa shape index (κ3) is 3.57. The van der Waals surface area contributed by atoms with E-state index in [1.54, 1.807) is 6.20 Å². The van der Waals surface area contributed by atoms with Crippen molar-refractivity contribution >= 4 is 23.6 Å². The van der Waals surface area contributed by atoms with Gasteiger partial charge in [-0.3, -0.25) is 9.55 Å². The lowest BCUT2D eigenvalue weighted by Crippen LogP contribution is -3.09. The van der Waals surface area contributed by atoms with E-state index in [0.717, 1.165) is 35.1 Å². The van der Waals surface area contributed by atoms with Crippen molar-refractivity contribution in [2.45, 2.75) is 25.6 Å². The second-order valence-electron chi connectivity index (χ2n) is 7.29. The predicted molar refractivity (Wildman–Crippen MR) is 118 cm³/mol. The van der Waals surface area contributed by atoms with Crippen LogP contribution in [0, 0.1) is 4.77 Å². The maximum Gasteiger partial charge on any atom is 0.207 e. The highest BCUT2D eigenvalue weighted by atomic mass is 32.1. The van der Waals surface area contributed by atoms with E-state index >= 15 is 0 Å². The first-order valence-corrected chi connectivity index (χ1v) is 11.1. The Balaban J connectivity index is 1.56. The highest BCUT2D eigenvalue weighted by molar-refractivity contribution is 7.71. The van der Waals surface area contributed by atoms with E-state index < -0.39 is 0 Å². The van der Waals surface area contributed by atoms with Crippen LogP contribution in [-0.4, -0.2) is 25.9 Å². The van der Waals surface area contributed by atoms with Crippen molar-refractivity contribution in [2.75, 3.05) is 6.54 Å². The van der Waals surface area contributed by atoms with E-state index in [1.807, 2.05) is 52.5 Å². The van der Waals surface area contributed by atoms with Gasteiger partial charge in [0.1, 0.15) is 6.04 Å². The van der Waals surface area contributed by atoms with Crippen LogP contribution in [0.5, 0.6) is 0 Å². The van der Waals surface area contributed by atoms with Crippen LogP contribution in [-0.2, 0) is 6.67 Å². The molecule has 4 heterocycles. The normalized spacial score (nSPS) is 18.9. The molecule has 1 fully saturated rings.